The zero-order valence-corrected chi connectivity index (χ0v) is 14.3. The summed E-state index contributed by atoms with van der Waals surface area (Å²) in [5, 5.41) is 18.2. The number of aromatic nitrogens is 2. The van der Waals surface area contributed by atoms with Crippen LogP contribution < -0.4 is 10.1 Å². The minimum Gasteiger partial charge on any atom is -0.496 e. The van der Waals surface area contributed by atoms with E-state index in [-0.39, 0.29) is 0 Å². The van der Waals surface area contributed by atoms with E-state index in [1.165, 1.54) is 0 Å². The van der Waals surface area contributed by atoms with Crippen LogP contribution in [0.25, 0.3) is 16.9 Å². The summed E-state index contributed by atoms with van der Waals surface area (Å²) in [5.41, 5.74) is 4.11. The van der Waals surface area contributed by atoms with Gasteiger partial charge in [-0.3, -0.25) is 0 Å². The number of fused-ring (bicyclic) bond motifs is 1. The minimum absolute atomic E-state index is 0.575. The molecule has 1 aromatic heterocycles. The van der Waals surface area contributed by atoms with Gasteiger partial charge in [0.25, 0.3) is 0 Å². The van der Waals surface area contributed by atoms with Crippen LogP contribution in [-0.4, -0.2) is 23.4 Å². The number of hydrogen-bond donors (Lipinski definition) is 1. The zero-order valence-electron chi connectivity index (χ0n) is 13.6. The monoisotopic (exact) mass is 350 g/mol. The van der Waals surface area contributed by atoms with Crippen LogP contribution in [0.15, 0.2) is 42.5 Å². The van der Waals surface area contributed by atoms with Crippen molar-refractivity contribution >= 4 is 17.4 Å². The summed E-state index contributed by atoms with van der Waals surface area (Å²) in [6, 6.07) is 15.2. The SMILES string of the molecule is COc1ccc(Cl)cc1-c1nn(-c2ccccc2C#N)c2c1CCN2. The van der Waals surface area contributed by atoms with Crippen LogP contribution in [-0.2, 0) is 6.42 Å². The molecule has 5 nitrogen and oxygen atoms in total. The first kappa shape index (κ1) is 15.6. The highest BCUT2D eigenvalue weighted by molar-refractivity contribution is 6.31. The summed E-state index contributed by atoms with van der Waals surface area (Å²) in [6.45, 7) is 0.831. The van der Waals surface area contributed by atoms with Crippen LogP contribution in [0.2, 0.25) is 5.02 Å². The molecule has 0 bridgehead atoms. The third kappa shape index (κ3) is 2.51. The van der Waals surface area contributed by atoms with Crippen molar-refractivity contribution in [3.63, 3.8) is 0 Å². The largest absolute Gasteiger partial charge is 0.496 e. The van der Waals surface area contributed by atoms with Crippen molar-refractivity contribution in [2.24, 2.45) is 0 Å². The van der Waals surface area contributed by atoms with E-state index < -0.39 is 0 Å². The molecule has 124 valence electrons. The van der Waals surface area contributed by atoms with Crippen molar-refractivity contribution in [3.05, 3.63) is 58.6 Å². The molecule has 0 amide bonds. The molecule has 6 heteroatoms. The number of methoxy groups -OCH3 is 1. The van der Waals surface area contributed by atoms with E-state index in [0.717, 1.165) is 47.0 Å². The third-order valence-electron chi connectivity index (χ3n) is 4.32. The fourth-order valence-corrected chi connectivity index (χ4v) is 3.36. The number of nitriles is 1. The van der Waals surface area contributed by atoms with Gasteiger partial charge < -0.3 is 10.1 Å². The highest BCUT2D eigenvalue weighted by Crippen LogP contribution is 2.39. The van der Waals surface area contributed by atoms with E-state index >= 15 is 0 Å². The van der Waals surface area contributed by atoms with Crippen LogP contribution >= 0.6 is 11.6 Å². The van der Waals surface area contributed by atoms with Gasteiger partial charge in [-0.05, 0) is 36.8 Å². The molecule has 3 aromatic rings. The fourth-order valence-electron chi connectivity index (χ4n) is 3.18. The van der Waals surface area contributed by atoms with Crippen LogP contribution in [0.3, 0.4) is 0 Å². The summed E-state index contributed by atoms with van der Waals surface area (Å²) in [5.74, 6) is 1.64. The van der Waals surface area contributed by atoms with Gasteiger partial charge in [-0.25, -0.2) is 4.68 Å². The molecular formula is C19H15ClN4O. The van der Waals surface area contributed by atoms with Gasteiger partial charge in [0.05, 0.1) is 18.4 Å². The molecule has 1 N–H and O–H groups in total. The van der Waals surface area contributed by atoms with Crippen molar-refractivity contribution < 1.29 is 4.74 Å². The average molecular weight is 351 g/mol. The normalized spacial score (nSPS) is 12.4. The topological polar surface area (TPSA) is 62.9 Å². The van der Waals surface area contributed by atoms with Gasteiger partial charge in [-0.1, -0.05) is 23.7 Å². The predicted molar refractivity (Wildman–Crippen MR) is 97.5 cm³/mol. The van der Waals surface area contributed by atoms with Crippen LogP contribution in [0.5, 0.6) is 5.75 Å². The van der Waals surface area contributed by atoms with Gasteiger partial charge in [0.15, 0.2) is 0 Å². The van der Waals surface area contributed by atoms with Crippen molar-refractivity contribution in [3.8, 4) is 28.8 Å². The Balaban J connectivity index is 1.96. The first-order valence-corrected chi connectivity index (χ1v) is 8.30. The average Bonchev–Trinajstić information content (AvgIpc) is 3.24. The third-order valence-corrected chi connectivity index (χ3v) is 4.56. The Morgan fingerprint density at radius 1 is 1.28 bits per heavy atom. The maximum atomic E-state index is 9.42. The lowest BCUT2D eigenvalue weighted by molar-refractivity contribution is 0.416. The molecule has 0 saturated carbocycles. The Bertz CT molecular complexity index is 1000. The van der Waals surface area contributed by atoms with Crippen molar-refractivity contribution in [2.75, 3.05) is 19.0 Å². The predicted octanol–water partition coefficient (Wildman–Crippen LogP) is 4.04. The van der Waals surface area contributed by atoms with E-state index in [1.807, 2.05) is 30.3 Å². The van der Waals surface area contributed by atoms with Crippen molar-refractivity contribution in [1.29, 1.82) is 5.26 Å². The smallest absolute Gasteiger partial charge is 0.133 e. The number of nitrogens with zero attached hydrogens (tertiary/aromatic N) is 3. The second-order valence-electron chi connectivity index (χ2n) is 5.74. The van der Waals surface area contributed by atoms with Crippen molar-refractivity contribution in [1.82, 2.24) is 9.78 Å². The van der Waals surface area contributed by atoms with Gasteiger partial charge in [-0.2, -0.15) is 10.4 Å². The molecule has 4 rings (SSSR count). The molecule has 2 aromatic carbocycles. The molecule has 0 aliphatic carbocycles. The summed E-state index contributed by atoms with van der Waals surface area (Å²) in [6.07, 6.45) is 0.856. The number of benzene rings is 2. The van der Waals surface area contributed by atoms with Crippen molar-refractivity contribution in [2.45, 2.75) is 6.42 Å². The van der Waals surface area contributed by atoms with Gasteiger partial charge in [0.1, 0.15) is 23.3 Å². The van der Waals surface area contributed by atoms with Gasteiger partial charge in [-0.15, -0.1) is 0 Å². The molecule has 1 aliphatic rings. The second-order valence-corrected chi connectivity index (χ2v) is 6.17. The number of nitrogens with one attached hydrogen (secondary N) is 1. The Morgan fingerprint density at radius 3 is 2.92 bits per heavy atom. The van der Waals surface area contributed by atoms with E-state index in [4.69, 9.17) is 21.4 Å². The Kier molecular flexibility index (Phi) is 3.83. The van der Waals surface area contributed by atoms with E-state index in [9.17, 15) is 5.26 Å². The van der Waals surface area contributed by atoms with Gasteiger partial charge in [0, 0.05) is 22.7 Å². The molecule has 1 aliphatic heterocycles. The fraction of sp³-hybridized carbons (Fsp3) is 0.158. The molecule has 0 saturated heterocycles. The lowest BCUT2D eigenvalue weighted by Crippen LogP contribution is -2.06. The molecule has 2 heterocycles. The molecule has 0 radical (unpaired) electrons. The first-order valence-electron chi connectivity index (χ1n) is 7.92. The Labute approximate surface area is 150 Å². The number of para-hydroxylation sites is 1. The second kappa shape index (κ2) is 6.15. The minimum atomic E-state index is 0.575. The van der Waals surface area contributed by atoms with E-state index in [2.05, 4.69) is 11.4 Å². The summed E-state index contributed by atoms with van der Waals surface area (Å²) >= 11 is 6.20. The lowest BCUT2D eigenvalue weighted by Gasteiger charge is -2.09. The van der Waals surface area contributed by atoms with Crippen LogP contribution in [0, 0.1) is 11.3 Å². The summed E-state index contributed by atoms with van der Waals surface area (Å²) in [7, 11) is 1.63. The van der Waals surface area contributed by atoms with E-state index in [0.29, 0.717) is 10.6 Å². The van der Waals surface area contributed by atoms with Gasteiger partial charge in [0.2, 0.25) is 0 Å². The first-order chi connectivity index (χ1) is 12.2. The number of halogens is 1. The molecular weight excluding hydrogens is 336 g/mol. The number of hydrogen-bond acceptors (Lipinski definition) is 4. The number of rotatable bonds is 3. The quantitative estimate of drug-likeness (QED) is 0.774. The zero-order chi connectivity index (χ0) is 17.4. The van der Waals surface area contributed by atoms with Crippen LogP contribution in [0.1, 0.15) is 11.1 Å². The Morgan fingerprint density at radius 2 is 2.12 bits per heavy atom. The molecule has 0 unspecified atom stereocenters. The highest BCUT2D eigenvalue weighted by atomic mass is 35.5. The summed E-state index contributed by atoms with van der Waals surface area (Å²) in [4.78, 5) is 0. The lowest BCUT2D eigenvalue weighted by atomic mass is 10.1. The Hall–Kier alpha value is -2.97. The maximum absolute atomic E-state index is 9.42. The highest BCUT2D eigenvalue weighted by Gasteiger charge is 2.26. The number of anilines is 1. The summed E-state index contributed by atoms with van der Waals surface area (Å²) < 4.78 is 7.30. The van der Waals surface area contributed by atoms with Crippen LogP contribution in [0.4, 0.5) is 5.82 Å². The maximum Gasteiger partial charge on any atom is 0.133 e. The molecule has 0 spiro atoms. The van der Waals surface area contributed by atoms with E-state index in [1.54, 1.807) is 23.9 Å². The molecule has 0 fully saturated rings. The molecule has 25 heavy (non-hydrogen) atoms. The van der Waals surface area contributed by atoms with Gasteiger partial charge >= 0.3 is 0 Å². The standard InChI is InChI=1S/C19H15ClN4O/c1-25-17-7-6-13(20)10-15(17)18-14-8-9-22-19(14)24(23-18)16-5-3-2-4-12(16)11-21/h2-7,10,22H,8-9H2,1H3. The molecule has 0 atom stereocenters. The number of ether oxygens (including phenoxy) is 1.